The highest BCUT2D eigenvalue weighted by atomic mass is 16.3. The van der Waals surface area contributed by atoms with Crippen molar-refractivity contribution in [2.24, 2.45) is 0 Å². The zero-order valence-electron chi connectivity index (χ0n) is 38.6. The van der Waals surface area contributed by atoms with Crippen LogP contribution in [0.4, 0.5) is 0 Å². The van der Waals surface area contributed by atoms with Gasteiger partial charge in [0, 0.05) is 36.3 Å². The van der Waals surface area contributed by atoms with Gasteiger partial charge in [0.25, 0.3) is 17.7 Å². The van der Waals surface area contributed by atoms with Crippen LogP contribution in [0, 0.1) is 0 Å². The molecule has 7 aromatic rings. The van der Waals surface area contributed by atoms with Gasteiger partial charge in [-0.2, -0.15) is 0 Å². The van der Waals surface area contributed by atoms with Gasteiger partial charge >= 0.3 is 0 Å². The topological polar surface area (TPSA) is 122 Å². The highest BCUT2D eigenvalue weighted by Crippen LogP contribution is 2.44. The monoisotopic (exact) mass is 915 g/mol. The number of benzene rings is 7. The summed E-state index contributed by atoms with van der Waals surface area (Å²) in [5.74, 6) is -1.26. The van der Waals surface area contributed by atoms with E-state index in [2.05, 4.69) is 0 Å². The molecule has 7 aromatic carbocycles. The molecule has 3 heterocycles. The smallest absolute Gasteiger partial charge is 0.254 e. The molecule has 0 saturated carbocycles. The maximum atomic E-state index is 15.4. The fourth-order valence-corrected chi connectivity index (χ4v) is 11.6. The molecule has 3 atom stereocenters. The molecule has 9 nitrogen and oxygen atoms in total. The number of carbonyl (C=O) groups is 3. The lowest BCUT2D eigenvalue weighted by Crippen LogP contribution is -2.51. The van der Waals surface area contributed by atoms with Crippen LogP contribution < -0.4 is 0 Å². The van der Waals surface area contributed by atoms with Crippen LogP contribution in [0.3, 0.4) is 0 Å². The van der Waals surface area contributed by atoms with Crippen molar-refractivity contribution in [1.82, 2.24) is 14.7 Å². The molecule has 0 bridgehead atoms. The van der Waals surface area contributed by atoms with Crippen molar-refractivity contribution >= 4 is 17.7 Å². The predicted molar refractivity (Wildman–Crippen MR) is 266 cm³/mol. The normalized spacial score (nSPS) is 18.7. The van der Waals surface area contributed by atoms with Crippen LogP contribution in [0.2, 0.25) is 0 Å². The van der Waals surface area contributed by atoms with Crippen LogP contribution in [0.25, 0.3) is 0 Å². The molecule has 0 unspecified atom stereocenters. The van der Waals surface area contributed by atoms with Gasteiger partial charge in [0.1, 0.15) is 16.8 Å². The zero-order chi connectivity index (χ0) is 47.6. The van der Waals surface area contributed by atoms with Gasteiger partial charge in [-0.1, -0.05) is 182 Å². The van der Waals surface area contributed by atoms with Crippen LogP contribution in [-0.4, -0.2) is 85.5 Å². The Kier molecular flexibility index (Phi) is 12.6. The van der Waals surface area contributed by atoms with Crippen LogP contribution in [0.15, 0.2) is 200 Å². The summed E-state index contributed by atoms with van der Waals surface area (Å²) < 4.78 is 0. The fourth-order valence-electron chi connectivity index (χ4n) is 11.6. The highest BCUT2D eigenvalue weighted by Gasteiger charge is 2.51. The number of carbonyl (C=O) groups excluding carboxylic acids is 3. The summed E-state index contributed by atoms with van der Waals surface area (Å²) in [5, 5.41) is 39.0. The predicted octanol–water partition coefficient (Wildman–Crippen LogP) is 9.31. The fraction of sp³-hybridized carbons (Fsp3) is 0.250. The molecule has 0 spiro atoms. The van der Waals surface area contributed by atoms with Gasteiger partial charge in [0.15, 0.2) is 0 Å². The molecule has 3 aliphatic heterocycles. The van der Waals surface area contributed by atoms with Gasteiger partial charge in [-0.25, -0.2) is 0 Å². The largest absolute Gasteiger partial charge is 0.378 e. The van der Waals surface area contributed by atoms with E-state index in [0.717, 1.165) is 0 Å². The Morgan fingerprint density at radius 2 is 0.522 bits per heavy atom. The Hall–Kier alpha value is -7.17. The van der Waals surface area contributed by atoms with E-state index in [-0.39, 0.29) is 16.7 Å². The minimum Gasteiger partial charge on any atom is -0.378 e. The van der Waals surface area contributed by atoms with Crippen LogP contribution >= 0.6 is 0 Å². The molecule has 3 N–H and O–H groups in total. The van der Waals surface area contributed by atoms with Crippen LogP contribution in [0.5, 0.6) is 0 Å². The SMILES string of the molecule is O=C(c1cc(C(=O)N2CCC[C@H]2C(O)(c2ccccc2)c2ccccc2)cc(C(=O)N2CCC[C@H]2C(O)(c2ccccc2)c2ccccc2)c1)N1CCC[C@H]1C(O)(c1ccccc1)c1ccccc1. The van der Waals surface area contributed by atoms with Crippen molar-refractivity contribution < 1.29 is 29.7 Å². The van der Waals surface area contributed by atoms with Gasteiger partial charge in [0.2, 0.25) is 0 Å². The number of likely N-dealkylation sites (tertiary alicyclic amines) is 3. The number of aliphatic hydroxyl groups is 3. The van der Waals surface area contributed by atoms with E-state index in [9.17, 15) is 15.3 Å². The average Bonchev–Trinajstić information content (AvgIpc) is 4.24. The van der Waals surface area contributed by atoms with E-state index >= 15 is 14.4 Å². The minimum absolute atomic E-state index is 0.133. The Labute approximate surface area is 403 Å². The van der Waals surface area contributed by atoms with Gasteiger partial charge in [-0.05, 0) is 90.1 Å². The highest BCUT2D eigenvalue weighted by molar-refractivity contribution is 6.05. The van der Waals surface area contributed by atoms with Crippen molar-refractivity contribution in [3.8, 4) is 0 Å². The minimum atomic E-state index is -1.58. The van der Waals surface area contributed by atoms with E-state index in [1.165, 1.54) is 0 Å². The molecule has 0 aliphatic carbocycles. The zero-order valence-corrected chi connectivity index (χ0v) is 38.6. The molecule has 3 amide bonds. The van der Waals surface area contributed by atoms with Crippen molar-refractivity contribution in [1.29, 1.82) is 0 Å². The third kappa shape index (κ3) is 8.14. The molecule has 10 rings (SSSR count). The second-order valence-corrected chi connectivity index (χ2v) is 18.8. The van der Waals surface area contributed by atoms with E-state index in [4.69, 9.17) is 0 Å². The van der Waals surface area contributed by atoms with E-state index in [0.29, 0.717) is 91.5 Å². The first-order valence-corrected chi connectivity index (χ1v) is 24.2. The average molecular weight is 916 g/mol. The first-order valence-electron chi connectivity index (χ1n) is 24.2. The third-order valence-corrected chi connectivity index (χ3v) is 14.9. The van der Waals surface area contributed by atoms with Gasteiger partial charge in [-0.15, -0.1) is 0 Å². The van der Waals surface area contributed by atoms with Crippen LogP contribution in [-0.2, 0) is 16.8 Å². The maximum Gasteiger partial charge on any atom is 0.254 e. The Bertz CT molecular complexity index is 2450. The Balaban J connectivity index is 1.08. The molecule has 348 valence electrons. The molecule has 0 aromatic heterocycles. The van der Waals surface area contributed by atoms with Crippen molar-refractivity contribution in [3.05, 3.63) is 250 Å². The Morgan fingerprint density at radius 1 is 0.333 bits per heavy atom. The molecule has 69 heavy (non-hydrogen) atoms. The standard InChI is InChI=1S/C60H57N3O6/c64-55(61-37-19-34-52(61)58(67,46-22-7-1-8-23-46)47-24-9-2-10-25-47)43-40-44(56(65)62-38-20-35-53(62)59(68,48-26-11-3-12-27-48)49-28-13-4-14-29-49)42-45(41-43)57(66)63-39-21-36-54(63)60(69,50-30-15-5-16-31-50)51-32-17-6-18-33-51/h1-18,22-33,40-42,52-54,67-69H,19-21,34-39H2/t52-,53-,54-/m0/s1. The number of rotatable bonds is 12. The van der Waals surface area contributed by atoms with E-state index in [1.54, 1.807) is 32.9 Å². The molecule has 0 radical (unpaired) electrons. The second-order valence-electron chi connectivity index (χ2n) is 18.8. The number of amides is 3. The van der Waals surface area contributed by atoms with Gasteiger partial charge in [0.05, 0.1) is 18.1 Å². The van der Waals surface area contributed by atoms with Gasteiger partial charge < -0.3 is 30.0 Å². The summed E-state index contributed by atoms with van der Waals surface area (Å²) in [7, 11) is 0. The number of hydrogen-bond acceptors (Lipinski definition) is 6. The number of nitrogens with zero attached hydrogens (tertiary/aromatic N) is 3. The summed E-state index contributed by atoms with van der Waals surface area (Å²) in [6.07, 6.45) is 3.41. The summed E-state index contributed by atoms with van der Waals surface area (Å²) in [6.45, 7) is 1.03. The molecule has 3 aliphatic rings. The lowest BCUT2D eigenvalue weighted by molar-refractivity contribution is -0.00143. The summed E-state index contributed by atoms with van der Waals surface area (Å²) in [4.78, 5) is 51.4. The second kappa shape index (κ2) is 19.1. The molecule has 3 saturated heterocycles. The molecular weight excluding hydrogens is 859 g/mol. The Morgan fingerprint density at radius 3 is 0.710 bits per heavy atom. The van der Waals surface area contributed by atoms with E-state index in [1.807, 2.05) is 182 Å². The van der Waals surface area contributed by atoms with Crippen LogP contribution in [0.1, 0.15) is 103 Å². The summed E-state index contributed by atoms with van der Waals surface area (Å²) in [6, 6.07) is 59.1. The van der Waals surface area contributed by atoms with Crippen molar-refractivity contribution in [2.45, 2.75) is 73.5 Å². The van der Waals surface area contributed by atoms with E-state index < -0.39 is 52.7 Å². The van der Waals surface area contributed by atoms with Gasteiger partial charge in [-0.3, -0.25) is 14.4 Å². The molecule has 9 heteroatoms. The summed E-state index contributed by atoms with van der Waals surface area (Å²) >= 11 is 0. The molecule has 3 fully saturated rings. The first kappa shape index (κ1) is 45.6. The first-order chi connectivity index (χ1) is 33.6. The third-order valence-electron chi connectivity index (χ3n) is 14.9. The van der Waals surface area contributed by atoms with Crippen molar-refractivity contribution in [2.75, 3.05) is 19.6 Å². The number of hydrogen-bond donors (Lipinski definition) is 3. The molecular formula is C60H57N3O6. The quantitative estimate of drug-likeness (QED) is 0.112. The lowest BCUT2D eigenvalue weighted by atomic mass is 9.78. The lowest BCUT2D eigenvalue weighted by Gasteiger charge is -2.41. The summed E-state index contributed by atoms with van der Waals surface area (Å²) in [5.41, 5.74) is -0.450. The maximum absolute atomic E-state index is 15.4. The van der Waals surface area contributed by atoms with Crippen molar-refractivity contribution in [3.63, 3.8) is 0 Å².